The van der Waals surface area contributed by atoms with E-state index in [-0.39, 0.29) is 6.54 Å². The summed E-state index contributed by atoms with van der Waals surface area (Å²) >= 11 is 0. The van der Waals surface area contributed by atoms with Crippen LogP contribution in [0.3, 0.4) is 0 Å². The van der Waals surface area contributed by atoms with Gasteiger partial charge in [0.05, 0.1) is 36.6 Å². The van der Waals surface area contributed by atoms with Gasteiger partial charge in [0, 0.05) is 27.3 Å². The Hall–Kier alpha value is -2.54. The van der Waals surface area contributed by atoms with Gasteiger partial charge < -0.3 is 20.7 Å². The molecule has 0 spiro atoms. The van der Waals surface area contributed by atoms with Crippen LogP contribution in [0.5, 0.6) is 0 Å². The largest absolute Gasteiger partial charge is 0.393 e. The number of imidazole rings is 1. The summed E-state index contributed by atoms with van der Waals surface area (Å²) in [7, 11) is 3.25. The first kappa shape index (κ1) is 27.5. The topological polar surface area (TPSA) is 97.8 Å². The fourth-order valence-electron chi connectivity index (χ4n) is 2.22. The van der Waals surface area contributed by atoms with E-state index >= 15 is 0 Å². The van der Waals surface area contributed by atoms with Crippen LogP contribution >= 0.6 is 0 Å². The smallest absolute Gasteiger partial charge is 0.388 e. The second kappa shape index (κ2) is 10.9. The Kier molecular flexibility index (Phi) is 9.33. The summed E-state index contributed by atoms with van der Waals surface area (Å²) in [5.41, 5.74) is 5.82. The van der Waals surface area contributed by atoms with Crippen molar-refractivity contribution in [3.05, 3.63) is 29.7 Å². The van der Waals surface area contributed by atoms with E-state index in [4.69, 9.17) is 5.73 Å². The van der Waals surface area contributed by atoms with Crippen LogP contribution in [0.4, 0.5) is 26.7 Å². The number of hydrogen-bond donors (Lipinski definition) is 2. The average molecular weight is 468 g/mol. The molecule has 3 heterocycles. The Labute approximate surface area is 182 Å². The minimum absolute atomic E-state index is 0.0513. The lowest BCUT2D eigenvalue weighted by atomic mass is 9.96. The number of fused-ring (bicyclic) bond motifs is 1. The number of carbonyl (C=O) groups excluding carboxylic acids is 1. The summed E-state index contributed by atoms with van der Waals surface area (Å²) in [4.78, 5) is 16.9. The molecule has 2 aromatic rings. The molecule has 0 radical (unpaired) electrons. The lowest BCUT2D eigenvalue weighted by molar-refractivity contribution is -0.204. The van der Waals surface area contributed by atoms with E-state index in [1.807, 2.05) is 0 Å². The fraction of sp³-hybridized carbons (Fsp3) is 0.632. The molecule has 0 bridgehead atoms. The minimum atomic E-state index is -4.06. The van der Waals surface area contributed by atoms with Gasteiger partial charge in [-0.25, -0.2) is 23.1 Å². The molecule has 0 saturated carbocycles. The highest BCUT2D eigenvalue weighted by molar-refractivity contribution is 5.75. The van der Waals surface area contributed by atoms with Gasteiger partial charge >= 0.3 is 12.2 Å². The second-order valence-corrected chi connectivity index (χ2v) is 8.13. The zero-order valence-corrected chi connectivity index (χ0v) is 18.6. The number of nitrogens with zero attached hydrogens (tertiary/aromatic N) is 4. The maximum Gasteiger partial charge on any atom is 0.393 e. The molecule has 13 heteroatoms. The quantitative estimate of drug-likeness (QED) is 0.675. The average Bonchev–Trinajstić information content (AvgIpc) is 3.07. The summed E-state index contributed by atoms with van der Waals surface area (Å²) in [6.07, 6.45) is -0.844. The number of hydrogen-bond acceptors (Lipinski definition) is 5. The lowest BCUT2D eigenvalue weighted by Gasteiger charge is -2.32. The number of methoxy groups -OCH3 is 1. The number of nitrogens with two attached hydrogens (primary N) is 1. The first-order chi connectivity index (χ1) is 14.6. The van der Waals surface area contributed by atoms with Crippen molar-refractivity contribution in [2.75, 3.05) is 27.3 Å². The molecular formula is C19H29F5N6O2. The van der Waals surface area contributed by atoms with Gasteiger partial charge in [-0.2, -0.15) is 18.3 Å². The Morgan fingerprint density at radius 2 is 1.81 bits per heavy atom. The number of alkyl halides is 5. The summed E-state index contributed by atoms with van der Waals surface area (Å²) in [6, 6.07) is 1.19. The normalized spacial score (nSPS) is 16.0. The van der Waals surface area contributed by atoms with Gasteiger partial charge in [0.15, 0.2) is 5.65 Å². The van der Waals surface area contributed by atoms with Crippen LogP contribution < -0.4 is 11.1 Å². The van der Waals surface area contributed by atoms with Gasteiger partial charge in [-0.15, -0.1) is 0 Å². The van der Waals surface area contributed by atoms with Gasteiger partial charge in [-0.1, -0.05) is 20.8 Å². The number of rotatable bonds is 3. The fourth-order valence-corrected chi connectivity index (χ4v) is 2.22. The molecule has 2 amide bonds. The van der Waals surface area contributed by atoms with E-state index in [1.54, 1.807) is 31.0 Å². The van der Waals surface area contributed by atoms with E-state index in [2.05, 4.69) is 20.1 Å². The van der Waals surface area contributed by atoms with Crippen molar-refractivity contribution in [2.45, 2.75) is 46.0 Å². The van der Waals surface area contributed by atoms with Crippen LogP contribution in [0.2, 0.25) is 0 Å². The monoisotopic (exact) mass is 468 g/mol. The molecule has 0 atom stereocenters. The Bertz CT molecular complexity index is 867. The number of nitrogens with one attached hydrogen (secondary N) is 1. The van der Waals surface area contributed by atoms with Crippen LogP contribution in [0.15, 0.2) is 18.5 Å². The molecule has 8 nitrogen and oxygen atoms in total. The van der Waals surface area contributed by atoms with Gasteiger partial charge in [-0.05, 0) is 11.6 Å². The van der Waals surface area contributed by atoms with Crippen molar-refractivity contribution in [2.24, 2.45) is 11.1 Å². The maximum atomic E-state index is 13.3. The minimum Gasteiger partial charge on any atom is -0.388 e. The summed E-state index contributed by atoms with van der Waals surface area (Å²) in [6.45, 7) is 2.55. The number of halogens is 5. The highest BCUT2D eigenvalue weighted by Gasteiger charge is 2.43. The van der Waals surface area contributed by atoms with Crippen molar-refractivity contribution >= 4 is 11.7 Å². The molecule has 1 saturated heterocycles. The van der Waals surface area contributed by atoms with Gasteiger partial charge in [0.2, 0.25) is 0 Å². The third-order valence-electron chi connectivity index (χ3n) is 4.07. The number of urea groups is 1. The van der Waals surface area contributed by atoms with Crippen molar-refractivity contribution in [1.29, 1.82) is 0 Å². The van der Waals surface area contributed by atoms with Crippen LogP contribution in [-0.2, 0) is 17.8 Å². The molecule has 2 aromatic heterocycles. The second-order valence-electron chi connectivity index (χ2n) is 8.13. The van der Waals surface area contributed by atoms with E-state index in [1.165, 1.54) is 6.20 Å². The van der Waals surface area contributed by atoms with Crippen molar-refractivity contribution in [1.82, 2.24) is 24.8 Å². The predicted octanol–water partition coefficient (Wildman–Crippen LogP) is 3.21. The first-order valence-corrected chi connectivity index (χ1v) is 9.54. The zero-order valence-electron chi connectivity index (χ0n) is 18.6. The first-order valence-electron chi connectivity index (χ1n) is 9.54. The third-order valence-corrected chi connectivity index (χ3v) is 4.07. The number of aromatic nitrogens is 3. The molecule has 0 aromatic carbocycles. The van der Waals surface area contributed by atoms with Gasteiger partial charge in [-0.3, -0.25) is 0 Å². The van der Waals surface area contributed by atoms with E-state index in [9.17, 15) is 26.7 Å². The molecule has 32 heavy (non-hydrogen) atoms. The van der Waals surface area contributed by atoms with Crippen molar-refractivity contribution < 1.29 is 31.5 Å². The molecule has 0 aliphatic carbocycles. The molecule has 1 aliphatic rings. The molecule has 1 fully saturated rings. The van der Waals surface area contributed by atoms with E-state index in [0.717, 1.165) is 25.7 Å². The molecule has 3 N–H and O–H groups in total. The predicted molar refractivity (Wildman–Crippen MR) is 108 cm³/mol. The Balaban J connectivity index is 0.000000392. The van der Waals surface area contributed by atoms with E-state index < -0.39 is 36.6 Å². The summed E-state index contributed by atoms with van der Waals surface area (Å²) in [5, 5.41) is 6.30. The van der Waals surface area contributed by atoms with Crippen molar-refractivity contribution in [3.8, 4) is 0 Å². The summed E-state index contributed by atoms with van der Waals surface area (Å²) in [5.74, 6) is -2.93. The molecule has 3 rings (SSSR count). The van der Waals surface area contributed by atoms with Gasteiger partial charge in [0.25, 0.3) is 5.92 Å². The molecule has 0 unspecified atom stereocenters. The summed E-state index contributed by atoms with van der Waals surface area (Å²) < 4.78 is 67.2. The van der Waals surface area contributed by atoms with Crippen LogP contribution in [0.1, 0.15) is 32.0 Å². The van der Waals surface area contributed by atoms with E-state index in [0.29, 0.717) is 23.4 Å². The van der Waals surface area contributed by atoms with Crippen molar-refractivity contribution in [3.63, 3.8) is 0 Å². The number of carbonyl (C=O) groups is 1. The Morgan fingerprint density at radius 3 is 2.31 bits per heavy atom. The third kappa shape index (κ3) is 8.19. The standard InChI is InChI=1S/C12H14F2N6O.C5H9F3.C2H6O/c13-12(14)6-16-11(21)19(7-12)4-8-1-10-18-9(2-15)5-20(10)17-3-8;1-4(2,3)5(6,7)8;1-3-2/h1,3,5H,2,4,6-7,15H2,(H,16,21);1-3H3;1-2H3. The number of ether oxygens (including phenoxy) is 1. The van der Waals surface area contributed by atoms with Gasteiger partial charge in [0.1, 0.15) is 0 Å². The SMILES string of the molecule is CC(C)(C)C(F)(F)F.COC.NCc1cn2ncc(CN3CC(F)(F)CNC3=O)cc2n1. The highest BCUT2D eigenvalue weighted by Crippen LogP contribution is 2.36. The molecular weight excluding hydrogens is 439 g/mol. The molecule has 182 valence electrons. The van der Waals surface area contributed by atoms with Crippen LogP contribution in [0, 0.1) is 5.41 Å². The Morgan fingerprint density at radius 1 is 1.25 bits per heavy atom. The zero-order chi connectivity index (χ0) is 24.7. The van der Waals surface area contributed by atoms with Crippen LogP contribution in [0.25, 0.3) is 5.65 Å². The highest BCUT2D eigenvalue weighted by atomic mass is 19.4. The maximum absolute atomic E-state index is 13.3. The number of amides is 2. The molecule has 1 aliphatic heterocycles. The lowest BCUT2D eigenvalue weighted by Crippen LogP contribution is -2.56. The van der Waals surface area contributed by atoms with Crippen LogP contribution in [-0.4, -0.2) is 64.9 Å².